The summed E-state index contributed by atoms with van der Waals surface area (Å²) in [5.74, 6) is 1.94. The van der Waals surface area contributed by atoms with Gasteiger partial charge in [0.05, 0.1) is 17.7 Å². The number of H-pyrrole nitrogens is 2. The van der Waals surface area contributed by atoms with Crippen LogP contribution in [-0.2, 0) is 0 Å². The predicted octanol–water partition coefficient (Wildman–Crippen LogP) is 2.45. The third kappa shape index (κ3) is 3.49. The number of hydrogen-bond donors (Lipinski definition) is 4. The molecule has 29 heavy (non-hydrogen) atoms. The second-order valence-corrected chi connectivity index (χ2v) is 7.93. The van der Waals surface area contributed by atoms with E-state index in [4.69, 9.17) is 10.2 Å². The molecule has 150 valence electrons. The smallest absolute Gasteiger partial charge is 0.232 e. The molecule has 2 saturated heterocycles. The zero-order valence-corrected chi connectivity index (χ0v) is 16.3. The van der Waals surface area contributed by atoms with Crippen LogP contribution in [0.15, 0.2) is 12.3 Å². The summed E-state index contributed by atoms with van der Waals surface area (Å²) in [7, 11) is 0. The fourth-order valence-electron chi connectivity index (χ4n) is 4.73. The molecule has 2 aliphatic heterocycles. The molecule has 1 unspecified atom stereocenters. The first-order valence-electron chi connectivity index (χ1n) is 10.1. The van der Waals surface area contributed by atoms with Crippen molar-refractivity contribution in [2.75, 3.05) is 17.2 Å². The molecule has 2 bridgehead atoms. The van der Waals surface area contributed by atoms with Gasteiger partial charge in [-0.1, -0.05) is 0 Å². The van der Waals surface area contributed by atoms with Crippen LogP contribution in [0.1, 0.15) is 37.8 Å². The van der Waals surface area contributed by atoms with Gasteiger partial charge in [0.2, 0.25) is 5.95 Å². The van der Waals surface area contributed by atoms with Gasteiger partial charge in [0, 0.05) is 42.9 Å². The van der Waals surface area contributed by atoms with Crippen molar-refractivity contribution in [3.8, 4) is 6.07 Å². The molecule has 0 aliphatic carbocycles. The number of rotatable bonds is 6. The van der Waals surface area contributed by atoms with Crippen LogP contribution in [-0.4, -0.2) is 59.9 Å². The molecule has 2 fully saturated rings. The summed E-state index contributed by atoms with van der Waals surface area (Å²) < 4.78 is 0. The average molecular weight is 392 g/mol. The summed E-state index contributed by atoms with van der Waals surface area (Å²) in [5.41, 5.74) is 1.65. The Hall–Kier alpha value is -3.19. The Morgan fingerprint density at radius 2 is 2.07 bits per heavy atom. The molecule has 5 heterocycles. The maximum absolute atomic E-state index is 8.93. The van der Waals surface area contributed by atoms with Crippen LogP contribution < -0.4 is 10.6 Å². The van der Waals surface area contributed by atoms with Crippen molar-refractivity contribution in [2.24, 2.45) is 0 Å². The normalized spacial score (nSPS) is 23.9. The molecule has 10 nitrogen and oxygen atoms in total. The van der Waals surface area contributed by atoms with Gasteiger partial charge >= 0.3 is 0 Å². The Labute approximate surface area is 168 Å². The van der Waals surface area contributed by atoms with E-state index in [1.807, 2.05) is 13.0 Å². The highest BCUT2D eigenvalue weighted by molar-refractivity contribution is 5.87. The van der Waals surface area contributed by atoms with Crippen LogP contribution in [0.5, 0.6) is 0 Å². The van der Waals surface area contributed by atoms with Crippen molar-refractivity contribution in [3.05, 3.63) is 18.0 Å². The van der Waals surface area contributed by atoms with E-state index < -0.39 is 0 Å². The minimum Gasteiger partial charge on any atom is -0.366 e. The number of fused-ring (bicyclic) bond motifs is 3. The van der Waals surface area contributed by atoms with E-state index >= 15 is 0 Å². The van der Waals surface area contributed by atoms with Gasteiger partial charge < -0.3 is 10.6 Å². The molecule has 5 rings (SSSR count). The predicted molar refractivity (Wildman–Crippen MR) is 109 cm³/mol. The van der Waals surface area contributed by atoms with Crippen LogP contribution in [0.25, 0.3) is 11.0 Å². The lowest BCUT2D eigenvalue weighted by molar-refractivity contribution is 0.136. The highest BCUT2D eigenvalue weighted by Gasteiger charge is 2.40. The van der Waals surface area contributed by atoms with Crippen molar-refractivity contribution < 1.29 is 0 Å². The van der Waals surface area contributed by atoms with E-state index in [1.165, 1.54) is 12.8 Å². The van der Waals surface area contributed by atoms with Gasteiger partial charge in [-0.05, 0) is 32.6 Å². The van der Waals surface area contributed by atoms with Crippen LogP contribution in [0.3, 0.4) is 0 Å². The topological polar surface area (TPSA) is 134 Å². The van der Waals surface area contributed by atoms with E-state index in [1.54, 1.807) is 6.20 Å². The van der Waals surface area contributed by atoms with Gasteiger partial charge in [-0.15, -0.1) is 0 Å². The molecule has 0 spiro atoms. The van der Waals surface area contributed by atoms with Gasteiger partial charge in [-0.2, -0.15) is 25.4 Å². The molecule has 0 aromatic carbocycles. The molecule has 3 aromatic rings. The van der Waals surface area contributed by atoms with E-state index in [0.29, 0.717) is 42.0 Å². The Bertz CT molecular complexity index is 1030. The number of anilines is 3. The van der Waals surface area contributed by atoms with E-state index in [-0.39, 0.29) is 0 Å². The number of nitriles is 1. The lowest BCUT2D eigenvalue weighted by atomic mass is 9.97. The lowest BCUT2D eigenvalue weighted by Crippen LogP contribution is -2.47. The van der Waals surface area contributed by atoms with Crippen molar-refractivity contribution in [1.82, 2.24) is 35.3 Å². The summed E-state index contributed by atoms with van der Waals surface area (Å²) in [6.45, 7) is 2.83. The molecule has 0 saturated carbocycles. The molecule has 10 heteroatoms. The third-order valence-corrected chi connectivity index (χ3v) is 5.96. The number of nitrogens with zero attached hydrogens (tertiary/aromatic N) is 6. The van der Waals surface area contributed by atoms with Crippen LogP contribution in [0.2, 0.25) is 0 Å². The van der Waals surface area contributed by atoms with Crippen molar-refractivity contribution in [2.45, 2.75) is 57.2 Å². The molecular weight excluding hydrogens is 368 g/mol. The summed E-state index contributed by atoms with van der Waals surface area (Å²) in [4.78, 5) is 11.7. The van der Waals surface area contributed by atoms with Crippen molar-refractivity contribution in [1.29, 1.82) is 5.26 Å². The van der Waals surface area contributed by atoms with Gasteiger partial charge in [-0.3, -0.25) is 15.1 Å². The number of nitrogens with one attached hydrogen (secondary N) is 4. The number of piperidine rings is 1. The zero-order valence-electron chi connectivity index (χ0n) is 16.3. The number of aryl methyl sites for hydroxylation is 1. The standard InChI is InChI=1S/C19H24N10/c1-11-7-16(27-26-11)23-19-24-17(15-10-21-28-18(15)25-19)22-12-8-13-3-4-14(9-12)29(13)6-2-5-20/h7,10,12-14H,2-4,6,8-9H2,1H3,(H4,21,22,23,24,25,26,27,28)/t12-,13-,14?/m0/s1. The van der Waals surface area contributed by atoms with Crippen LogP contribution in [0, 0.1) is 18.3 Å². The van der Waals surface area contributed by atoms with Gasteiger partial charge in [0.15, 0.2) is 11.5 Å². The number of aromatic nitrogens is 6. The molecule has 4 N–H and O–H groups in total. The first kappa shape index (κ1) is 17.9. The Morgan fingerprint density at radius 1 is 1.24 bits per heavy atom. The maximum Gasteiger partial charge on any atom is 0.232 e. The monoisotopic (exact) mass is 392 g/mol. The zero-order chi connectivity index (χ0) is 19.8. The molecular formula is C19H24N10. The van der Waals surface area contributed by atoms with Crippen LogP contribution >= 0.6 is 0 Å². The summed E-state index contributed by atoms with van der Waals surface area (Å²) >= 11 is 0. The highest BCUT2D eigenvalue weighted by Crippen LogP contribution is 2.37. The first-order valence-corrected chi connectivity index (χ1v) is 10.1. The van der Waals surface area contributed by atoms with E-state index in [0.717, 1.165) is 36.3 Å². The van der Waals surface area contributed by atoms with E-state index in [2.05, 4.69) is 47.0 Å². The third-order valence-electron chi connectivity index (χ3n) is 5.96. The molecule has 0 amide bonds. The second kappa shape index (κ2) is 7.33. The van der Waals surface area contributed by atoms with Crippen molar-refractivity contribution >= 4 is 28.6 Å². The minimum absolute atomic E-state index is 0.347. The minimum atomic E-state index is 0.347. The fourth-order valence-corrected chi connectivity index (χ4v) is 4.73. The summed E-state index contributed by atoms with van der Waals surface area (Å²) in [6, 6.07) is 5.63. The maximum atomic E-state index is 8.93. The second-order valence-electron chi connectivity index (χ2n) is 7.93. The molecule has 3 aromatic heterocycles. The van der Waals surface area contributed by atoms with Crippen LogP contribution in [0.4, 0.5) is 17.6 Å². The quantitative estimate of drug-likeness (QED) is 0.502. The summed E-state index contributed by atoms with van der Waals surface area (Å²) in [5, 5.41) is 30.8. The van der Waals surface area contributed by atoms with Gasteiger partial charge in [-0.25, -0.2) is 0 Å². The SMILES string of the molecule is Cc1cc(Nc2nc(N[C@@H]3CC4CC[C@@H](C3)N4CCC#N)c3cn[nH]c3n2)n[nH]1. The Morgan fingerprint density at radius 3 is 2.79 bits per heavy atom. The van der Waals surface area contributed by atoms with Crippen molar-refractivity contribution in [3.63, 3.8) is 0 Å². The molecule has 0 radical (unpaired) electrons. The molecule has 2 aliphatic rings. The lowest BCUT2D eigenvalue weighted by Gasteiger charge is -2.39. The van der Waals surface area contributed by atoms with Gasteiger partial charge in [0.25, 0.3) is 0 Å². The van der Waals surface area contributed by atoms with E-state index in [9.17, 15) is 0 Å². The fraction of sp³-hybridized carbons (Fsp3) is 0.526. The highest BCUT2D eigenvalue weighted by atomic mass is 15.3. The largest absolute Gasteiger partial charge is 0.366 e. The Kier molecular flexibility index (Phi) is 4.52. The average Bonchev–Trinajstić information content (AvgIpc) is 3.39. The Balaban J connectivity index is 1.35. The number of aromatic amines is 2. The number of hydrogen-bond acceptors (Lipinski definition) is 8. The first-order chi connectivity index (χ1) is 14.2. The molecule has 3 atom stereocenters. The van der Waals surface area contributed by atoms with Gasteiger partial charge in [0.1, 0.15) is 5.82 Å². The summed E-state index contributed by atoms with van der Waals surface area (Å²) in [6.07, 6.45) is 6.92.